The number of rotatable bonds is 9. The van der Waals surface area contributed by atoms with Gasteiger partial charge in [0.15, 0.2) is 17.7 Å². The Morgan fingerprint density at radius 2 is 1.97 bits per heavy atom. The molecule has 0 spiro atoms. The number of carbonyl (C=O) groups excluding carboxylic acids is 1. The van der Waals surface area contributed by atoms with Crippen LogP contribution in [-0.4, -0.2) is 29.0 Å². The maximum absolute atomic E-state index is 13.7. The Morgan fingerprint density at radius 3 is 2.69 bits per heavy atom. The van der Waals surface area contributed by atoms with Gasteiger partial charge in [-0.05, 0) is 36.8 Å². The highest BCUT2D eigenvalue weighted by Gasteiger charge is 2.18. The zero-order valence-electron chi connectivity index (χ0n) is 15.9. The fourth-order valence-electron chi connectivity index (χ4n) is 2.35. The summed E-state index contributed by atoms with van der Waals surface area (Å²) in [5.74, 6) is 0.555. The van der Waals surface area contributed by atoms with Crippen LogP contribution in [0.2, 0.25) is 0 Å². The summed E-state index contributed by atoms with van der Waals surface area (Å²) >= 11 is 1.12. The average Bonchev–Trinajstić information content (AvgIpc) is 3.22. The van der Waals surface area contributed by atoms with Gasteiger partial charge in [-0.3, -0.25) is 4.79 Å². The third-order valence-corrected chi connectivity index (χ3v) is 4.70. The molecule has 1 N–H and O–H groups in total. The number of thioether (sulfide) groups is 1. The first-order valence-corrected chi connectivity index (χ1v) is 9.80. The number of para-hydroxylation sites is 1. The first-order chi connectivity index (χ1) is 14.0. The second-order valence-corrected chi connectivity index (χ2v) is 6.94. The number of hydrogen-bond acceptors (Lipinski definition) is 7. The summed E-state index contributed by atoms with van der Waals surface area (Å²) in [6.45, 7) is 2.09. The molecule has 0 aliphatic rings. The minimum Gasteiger partial charge on any atom is -0.497 e. The van der Waals surface area contributed by atoms with Gasteiger partial charge in [-0.25, -0.2) is 4.39 Å². The van der Waals surface area contributed by atoms with Gasteiger partial charge in [-0.15, -0.1) is 10.2 Å². The smallest absolute Gasteiger partial charge is 0.277 e. The molecule has 1 atom stereocenters. The van der Waals surface area contributed by atoms with Gasteiger partial charge in [0.25, 0.3) is 11.1 Å². The Balaban J connectivity index is 1.45. The Kier molecular flexibility index (Phi) is 7.07. The standard InChI is InChI=1S/C20H20FN3O4S/c1-13(27-17-6-4-3-5-16(17)21)19-23-24-20(28-19)29-12-18(25)22-11-14-7-9-15(26-2)10-8-14/h3-10,13H,11-12H2,1-2H3,(H,22,25)/t13-/m1/s1. The summed E-state index contributed by atoms with van der Waals surface area (Å²) in [5.41, 5.74) is 0.961. The topological polar surface area (TPSA) is 86.5 Å². The lowest BCUT2D eigenvalue weighted by Gasteiger charge is -2.11. The van der Waals surface area contributed by atoms with Crippen molar-refractivity contribution < 1.29 is 23.1 Å². The van der Waals surface area contributed by atoms with Crippen molar-refractivity contribution in [2.24, 2.45) is 0 Å². The number of ether oxygens (including phenoxy) is 2. The van der Waals surface area contributed by atoms with Crippen LogP contribution < -0.4 is 14.8 Å². The van der Waals surface area contributed by atoms with Crippen LogP contribution in [0.5, 0.6) is 11.5 Å². The summed E-state index contributed by atoms with van der Waals surface area (Å²) in [6.07, 6.45) is -0.627. The van der Waals surface area contributed by atoms with Crippen molar-refractivity contribution in [3.63, 3.8) is 0 Å². The summed E-state index contributed by atoms with van der Waals surface area (Å²) in [4.78, 5) is 12.0. The van der Waals surface area contributed by atoms with Gasteiger partial charge in [0, 0.05) is 6.54 Å². The summed E-state index contributed by atoms with van der Waals surface area (Å²) < 4.78 is 29.8. The average molecular weight is 417 g/mol. The van der Waals surface area contributed by atoms with Crippen molar-refractivity contribution in [3.05, 3.63) is 65.8 Å². The van der Waals surface area contributed by atoms with Crippen molar-refractivity contribution in [2.75, 3.05) is 12.9 Å². The summed E-state index contributed by atoms with van der Waals surface area (Å²) in [5, 5.41) is 10.8. The van der Waals surface area contributed by atoms with Crippen molar-refractivity contribution in [3.8, 4) is 11.5 Å². The zero-order valence-corrected chi connectivity index (χ0v) is 16.7. The van der Waals surface area contributed by atoms with E-state index < -0.39 is 11.9 Å². The minimum atomic E-state index is -0.627. The minimum absolute atomic E-state index is 0.102. The van der Waals surface area contributed by atoms with Crippen molar-refractivity contribution >= 4 is 17.7 Å². The van der Waals surface area contributed by atoms with E-state index in [1.54, 1.807) is 26.2 Å². The molecule has 0 saturated heterocycles. The van der Waals surface area contributed by atoms with Crippen LogP contribution in [0.25, 0.3) is 0 Å². The number of halogens is 1. The molecule has 2 aromatic carbocycles. The van der Waals surface area contributed by atoms with Crippen LogP contribution in [0, 0.1) is 5.82 Å². The molecule has 0 aliphatic heterocycles. The Labute approximate surface area is 171 Å². The number of carbonyl (C=O) groups is 1. The van der Waals surface area contributed by atoms with Gasteiger partial charge in [0.05, 0.1) is 12.9 Å². The summed E-state index contributed by atoms with van der Waals surface area (Å²) in [6, 6.07) is 13.5. The van der Waals surface area contributed by atoms with E-state index in [4.69, 9.17) is 13.9 Å². The van der Waals surface area contributed by atoms with Gasteiger partial charge < -0.3 is 19.2 Å². The molecule has 7 nitrogen and oxygen atoms in total. The van der Waals surface area contributed by atoms with Gasteiger partial charge >= 0.3 is 0 Å². The van der Waals surface area contributed by atoms with Gasteiger partial charge in [-0.2, -0.15) is 0 Å². The molecule has 9 heteroatoms. The van der Waals surface area contributed by atoms with Gasteiger partial charge in [-0.1, -0.05) is 36.0 Å². The molecule has 0 radical (unpaired) electrons. The quantitative estimate of drug-likeness (QED) is 0.531. The highest BCUT2D eigenvalue weighted by Crippen LogP contribution is 2.25. The van der Waals surface area contributed by atoms with Crippen LogP contribution >= 0.6 is 11.8 Å². The van der Waals surface area contributed by atoms with E-state index in [1.807, 2.05) is 24.3 Å². The molecule has 1 amide bonds. The van der Waals surface area contributed by atoms with Crippen molar-refractivity contribution in [1.29, 1.82) is 0 Å². The summed E-state index contributed by atoms with van der Waals surface area (Å²) in [7, 11) is 1.60. The molecule has 3 aromatic rings. The van der Waals surface area contributed by atoms with Crippen molar-refractivity contribution in [2.45, 2.75) is 24.8 Å². The molecule has 0 aliphatic carbocycles. The maximum atomic E-state index is 13.7. The molecule has 0 fully saturated rings. The van der Waals surface area contributed by atoms with Crippen LogP contribution in [0.4, 0.5) is 4.39 Å². The van der Waals surface area contributed by atoms with E-state index in [0.29, 0.717) is 6.54 Å². The molecule has 152 valence electrons. The highest BCUT2D eigenvalue weighted by molar-refractivity contribution is 7.99. The number of hydrogen-bond donors (Lipinski definition) is 1. The number of methoxy groups -OCH3 is 1. The lowest BCUT2D eigenvalue weighted by atomic mass is 10.2. The molecule has 1 heterocycles. The lowest BCUT2D eigenvalue weighted by molar-refractivity contribution is -0.118. The molecular formula is C20H20FN3O4S. The first-order valence-electron chi connectivity index (χ1n) is 8.82. The Morgan fingerprint density at radius 1 is 1.21 bits per heavy atom. The van der Waals surface area contributed by atoms with E-state index in [1.165, 1.54) is 12.1 Å². The predicted octanol–water partition coefficient (Wildman–Crippen LogP) is 3.77. The van der Waals surface area contributed by atoms with E-state index in [2.05, 4.69) is 15.5 Å². The number of nitrogens with one attached hydrogen (secondary N) is 1. The Hall–Kier alpha value is -3.07. The van der Waals surface area contributed by atoms with Gasteiger partial charge in [0.2, 0.25) is 5.91 Å². The largest absolute Gasteiger partial charge is 0.497 e. The number of amides is 1. The molecule has 29 heavy (non-hydrogen) atoms. The molecular weight excluding hydrogens is 397 g/mol. The van der Waals surface area contributed by atoms with Crippen LogP contribution in [0.1, 0.15) is 24.5 Å². The number of aromatic nitrogens is 2. The normalized spacial score (nSPS) is 11.7. The van der Waals surface area contributed by atoms with E-state index >= 15 is 0 Å². The first kappa shape index (κ1) is 20.7. The van der Waals surface area contributed by atoms with Crippen LogP contribution in [0.15, 0.2) is 58.2 Å². The predicted molar refractivity (Wildman–Crippen MR) is 105 cm³/mol. The van der Waals surface area contributed by atoms with Crippen LogP contribution in [0.3, 0.4) is 0 Å². The van der Waals surface area contributed by atoms with Crippen LogP contribution in [-0.2, 0) is 11.3 Å². The molecule has 3 rings (SSSR count). The van der Waals surface area contributed by atoms with Crippen molar-refractivity contribution in [1.82, 2.24) is 15.5 Å². The second-order valence-electron chi connectivity index (χ2n) is 6.01. The third-order valence-electron chi connectivity index (χ3n) is 3.89. The van der Waals surface area contributed by atoms with Gasteiger partial charge in [0.1, 0.15) is 5.75 Å². The molecule has 0 unspecified atom stereocenters. The Bertz CT molecular complexity index is 949. The fraction of sp³-hybridized carbons (Fsp3) is 0.250. The zero-order chi connectivity index (χ0) is 20.6. The lowest BCUT2D eigenvalue weighted by Crippen LogP contribution is -2.24. The molecule has 1 aromatic heterocycles. The SMILES string of the molecule is COc1ccc(CNC(=O)CSc2nnc([C@@H](C)Oc3ccccc3F)o2)cc1. The number of nitrogens with zero attached hydrogens (tertiary/aromatic N) is 2. The number of benzene rings is 2. The maximum Gasteiger partial charge on any atom is 0.277 e. The second kappa shape index (κ2) is 9.92. The highest BCUT2D eigenvalue weighted by atomic mass is 32.2. The van der Waals surface area contributed by atoms with E-state index in [0.717, 1.165) is 23.1 Å². The molecule has 0 saturated carbocycles. The third kappa shape index (κ3) is 5.95. The monoisotopic (exact) mass is 417 g/mol. The van der Waals surface area contributed by atoms with E-state index in [9.17, 15) is 9.18 Å². The van der Waals surface area contributed by atoms with E-state index in [-0.39, 0.29) is 28.5 Å². The molecule has 0 bridgehead atoms. The fourth-order valence-corrected chi connectivity index (χ4v) is 2.95.